The molecule has 0 amide bonds. The number of allylic oxidation sites excluding steroid dienone is 9. The van der Waals surface area contributed by atoms with Gasteiger partial charge >= 0.3 is 0 Å². The molecule has 1 aromatic heterocycles. The van der Waals surface area contributed by atoms with Crippen LogP contribution < -0.4 is 0 Å². The van der Waals surface area contributed by atoms with Gasteiger partial charge in [0.15, 0.2) is 0 Å². The summed E-state index contributed by atoms with van der Waals surface area (Å²) < 4.78 is 0. The van der Waals surface area contributed by atoms with Crippen molar-refractivity contribution < 1.29 is 5.11 Å². The Morgan fingerprint density at radius 3 is 2.71 bits per heavy atom. The minimum atomic E-state index is 0.0470. The maximum atomic E-state index is 10.2. The monoisotopic (exact) mass is 325 g/mol. The summed E-state index contributed by atoms with van der Waals surface area (Å²) in [7, 11) is 0. The Balaban J connectivity index is 2.02. The van der Waals surface area contributed by atoms with E-state index in [1.54, 1.807) is 0 Å². The van der Waals surface area contributed by atoms with Gasteiger partial charge in [0.1, 0.15) is 12.2 Å². The van der Waals surface area contributed by atoms with Gasteiger partial charge in [0.25, 0.3) is 0 Å². The lowest BCUT2D eigenvalue weighted by atomic mass is 9.74. The Bertz CT molecular complexity index is 701. The quantitative estimate of drug-likeness (QED) is 0.723. The lowest BCUT2D eigenvalue weighted by Crippen LogP contribution is -2.19. The first-order valence-corrected chi connectivity index (χ1v) is 8.38. The van der Waals surface area contributed by atoms with Crippen molar-refractivity contribution in [2.24, 2.45) is 5.41 Å². The topological polar surface area (TPSA) is 61.8 Å². The third-order valence-corrected chi connectivity index (χ3v) is 4.28. The Hall–Kier alpha value is -2.36. The van der Waals surface area contributed by atoms with Gasteiger partial charge in [-0.3, -0.25) is 5.10 Å². The molecule has 0 radical (unpaired) electrons. The molecule has 2 N–H and O–H groups in total. The van der Waals surface area contributed by atoms with E-state index >= 15 is 0 Å². The molecular formula is C20H27N3O. The fraction of sp³-hybridized carbons (Fsp3) is 0.400. The molecule has 128 valence electrons. The fourth-order valence-corrected chi connectivity index (χ4v) is 2.85. The Kier molecular flexibility index (Phi) is 5.96. The van der Waals surface area contributed by atoms with E-state index in [2.05, 4.69) is 54.2 Å². The van der Waals surface area contributed by atoms with Crippen LogP contribution in [-0.2, 0) is 0 Å². The van der Waals surface area contributed by atoms with Gasteiger partial charge in [-0.15, -0.1) is 0 Å². The highest BCUT2D eigenvalue weighted by Gasteiger charge is 2.28. The Morgan fingerprint density at radius 2 is 2.04 bits per heavy atom. The van der Waals surface area contributed by atoms with Gasteiger partial charge < -0.3 is 5.11 Å². The van der Waals surface area contributed by atoms with Crippen molar-refractivity contribution in [3.63, 3.8) is 0 Å². The summed E-state index contributed by atoms with van der Waals surface area (Å²) >= 11 is 0. The Labute approximate surface area is 144 Å². The van der Waals surface area contributed by atoms with Crippen LogP contribution in [0.4, 0.5) is 0 Å². The van der Waals surface area contributed by atoms with Crippen molar-refractivity contribution in [3.8, 4) is 0 Å². The minimum Gasteiger partial charge on any atom is -0.512 e. The van der Waals surface area contributed by atoms with Crippen molar-refractivity contribution in [2.75, 3.05) is 0 Å². The molecule has 2 rings (SSSR count). The molecule has 0 atom stereocenters. The molecule has 0 fully saturated rings. The largest absolute Gasteiger partial charge is 0.512 e. The van der Waals surface area contributed by atoms with E-state index in [4.69, 9.17) is 0 Å². The summed E-state index contributed by atoms with van der Waals surface area (Å²) in [5, 5.41) is 16.8. The minimum absolute atomic E-state index is 0.0470. The predicted octanol–water partition coefficient (Wildman–Crippen LogP) is 5.29. The van der Waals surface area contributed by atoms with Crippen molar-refractivity contribution in [2.45, 2.75) is 47.0 Å². The third-order valence-electron chi connectivity index (χ3n) is 4.28. The number of hydrogen-bond acceptors (Lipinski definition) is 3. The molecule has 0 saturated carbocycles. The number of aromatic nitrogens is 3. The summed E-state index contributed by atoms with van der Waals surface area (Å²) in [5.41, 5.74) is 3.34. The highest BCUT2D eigenvalue weighted by molar-refractivity contribution is 5.48. The number of nitrogens with one attached hydrogen (secondary N) is 1. The van der Waals surface area contributed by atoms with Gasteiger partial charge in [0.05, 0.1) is 5.76 Å². The lowest BCUT2D eigenvalue weighted by Gasteiger charge is -2.31. The number of rotatable bonds is 5. The van der Waals surface area contributed by atoms with Gasteiger partial charge in [-0.2, -0.15) is 5.10 Å². The Morgan fingerprint density at radius 1 is 1.25 bits per heavy atom. The highest BCUT2D eigenvalue weighted by atomic mass is 16.3. The van der Waals surface area contributed by atoms with Gasteiger partial charge in [0.2, 0.25) is 0 Å². The standard InChI is InChI=1S/C20H27N3O/c1-15(7-5-8-16(2)13-19-21-14-22-23-19)10-11-17-18(24)9-6-12-20(17,3)4/h5,7-8,10-11,13-14,24H,6,9,12H2,1-4H3,(H,21,22,23)/b8-5+,11-10+,15-7+,16-13+. The van der Waals surface area contributed by atoms with Crippen LogP contribution in [0.2, 0.25) is 0 Å². The molecule has 1 aliphatic rings. The summed E-state index contributed by atoms with van der Waals surface area (Å²) in [6.45, 7) is 8.46. The maximum Gasteiger partial charge on any atom is 0.148 e. The summed E-state index contributed by atoms with van der Waals surface area (Å²) in [6, 6.07) is 0. The van der Waals surface area contributed by atoms with Crippen LogP contribution in [0.1, 0.15) is 52.8 Å². The third kappa shape index (κ3) is 5.08. The van der Waals surface area contributed by atoms with Crippen molar-refractivity contribution in [1.82, 2.24) is 15.2 Å². The van der Waals surface area contributed by atoms with Crippen LogP contribution in [0.5, 0.6) is 0 Å². The molecule has 1 aliphatic carbocycles. The second-order valence-corrected chi connectivity index (χ2v) is 6.96. The van der Waals surface area contributed by atoms with Gasteiger partial charge in [0, 0.05) is 6.42 Å². The van der Waals surface area contributed by atoms with E-state index < -0.39 is 0 Å². The number of aromatic amines is 1. The van der Waals surface area contributed by atoms with Crippen LogP contribution in [0.3, 0.4) is 0 Å². The molecule has 0 saturated heterocycles. The van der Waals surface area contributed by atoms with Crippen LogP contribution in [0, 0.1) is 5.41 Å². The molecule has 0 bridgehead atoms. The zero-order valence-corrected chi connectivity index (χ0v) is 15.0. The van der Waals surface area contributed by atoms with E-state index in [1.165, 1.54) is 6.33 Å². The van der Waals surface area contributed by atoms with Crippen LogP contribution in [-0.4, -0.2) is 20.3 Å². The summed E-state index contributed by atoms with van der Waals surface area (Å²) in [5.74, 6) is 1.29. The van der Waals surface area contributed by atoms with E-state index in [-0.39, 0.29) is 5.41 Å². The van der Waals surface area contributed by atoms with Gasteiger partial charge in [-0.05, 0) is 49.3 Å². The average Bonchev–Trinajstić information content (AvgIpc) is 2.98. The van der Waals surface area contributed by atoms with E-state index in [0.717, 1.165) is 41.8 Å². The molecule has 24 heavy (non-hydrogen) atoms. The van der Waals surface area contributed by atoms with Crippen molar-refractivity contribution >= 4 is 6.08 Å². The maximum absolute atomic E-state index is 10.2. The first-order valence-electron chi connectivity index (χ1n) is 8.38. The number of hydrogen-bond donors (Lipinski definition) is 2. The van der Waals surface area contributed by atoms with Crippen LogP contribution in [0.15, 0.2) is 59.2 Å². The molecular weight excluding hydrogens is 298 g/mol. The second kappa shape index (κ2) is 7.95. The molecule has 0 unspecified atom stereocenters. The highest BCUT2D eigenvalue weighted by Crippen LogP contribution is 2.40. The van der Waals surface area contributed by atoms with E-state index in [0.29, 0.717) is 5.76 Å². The molecule has 1 heterocycles. The predicted molar refractivity (Wildman–Crippen MR) is 99.4 cm³/mol. The van der Waals surface area contributed by atoms with Crippen LogP contribution in [0.25, 0.3) is 6.08 Å². The van der Waals surface area contributed by atoms with Gasteiger partial charge in [-0.25, -0.2) is 4.98 Å². The zero-order chi connectivity index (χ0) is 17.6. The first-order chi connectivity index (χ1) is 11.4. The summed E-state index contributed by atoms with van der Waals surface area (Å²) in [6.07, 6.45) is 16.6. The number of nitrogens with zero attached hydrogens (tertiary/aromatic N) is 2. The summed E-state index contributed by atoms with van der Waals surface area (Å²) in [4.78, 5) is 4.07. The molecule has 4 heteroatoms. The smallest absolute Gasteiger partial charge is 0.148 e. The van der Waals surface area contributed by atoms with Crippen molar-refractivity contribution in [3.05, 3.63) is 65.0 Å². The zero-order valence-electron chi connectivity index (χ0n) is 15.0. The molecule has 4 nitrogen and oxygen atoms in total. The van der Waals surface area contributed by atoms with E-state index in [1.807, 2.05) is 25.2 Å². The molecule has 0 spiro atoms. The fourth-order valence-electron chi connectivity index (χ4n) is 2.85. The first kappa shape index (κ1) is 18.0. The van der Waals surface area contributed by atoms with E-state index in [9.17, 15) is 5.11 Å². The lowest BCUT2D eigenvalue weighted by molar-refractivity contribution is 0.292. The number of aliphatic hydroxyl groups excluding tert-OH is 1. The second-order valence-electron chi connectivity index (χ2n) is 6.96. The average molecular weight is 325 g/mol. The van der Waals surface area contributed by atoms with Gasteiger partial charge in [-0.1, -0.05) is 49.8 Å². The molecule has 0 aromatic carbocycles. The van der Waals surface area contributed by atoms with Crippen LogP contribution >= 0.6 is 0 Å². The molecule has 1 aromatic rings. The molecule has 0 aliphatic heterocycles. The number of aliphatic hydroxyl groups is 1. The normalized spacial score (nSPS) is 19.7. The SMILES string of the molecule is CC(/C=C/C1=C(O)CCCC1(C)C)=C\C=C\C(C)=C\c1ncn[nH]1. The van der Waals surface area contributed by atoms with Crippen molar-refractivity contribution in [1.29, 1.82) is 0 Å². The number of H-pyrrole nitrogens is 1.